The van der Waals surface area contributed by atoms with Gasteiger partial charge in [0, 0.05) is 16.5 Å². The first-order chi connectivity index (χ1) is 8.77. The largest absolute Gasteiger partial charge is 0.480 e. The van der Waals surface area contributed by atoms with Gasteiger partial charge in [-0.25, -0.2) is 0 Å². The number of carbonyl (C=O) groups is 1. The zero-order valence-corrected chi connectivity index (χ0v) is 13.2. The van der Waals surface area contributed by atoms with Gasteiger partial charge in [-0.1, -0.05) is 6.92 Å². The molecular weight excluding hydrogens is 262 g/mol. The van der Waals surface area contributed by atoms with Gasteiger partial charge in [0.1, 0.15) is 5.54 Å². The van der Waals surface area contributed by atoms with Crippen molar-refractivity contribution >= 4 is 17.7 Å². The summed E-state index contributed by atoms with van der Waals surface area (Å²) in [6.07, 6.45) is 2.94. The highest BCUT2D eigenvalue weighted by atomic mass is 32.2. The second-order valence-corrected chi connectivity index (χ2v) is 7.67. The van der Waals surface area contributed by atoms with Crippen LogP contribution in [0.5, 0.6) is 0 Å². The Hall–Kier alpha value is -0.260. The highest BCUT2D eigenvalue weighted by molar-refractivity contribution is 8.00. The molecule has 1 rings (SSSR count). The summed E-state index contributed by atoms with van der Waals surface area (Å²) in [5.74, 6) is -0.740. The normalized spacial score (nSPS) is 31.2. The summed E-state index contributed by atoms with van der Waals surface area (Å²) in [7, 11) is 0. The van der Waals surface area contributed by atoms with Crippen LogP contribution in [0.3, 0.4) is 0 Å². The smallest absolute Gasteiger partial charge is 0.323 e. The Labute approximate surface area is 120 Å². The number of hydrogen-bond acceptors (Lipinski definition) is 4. The molecule has 5 heteroatoms. The molecule has 112 valence electrons. The van der Waals surface area contributed by atoms with Crippen LogP contribution >= 0.6 is 11.8 Å². The molecule has 4 atom stereocenters. The van der Waals surface area contributed by atoms with Crippen molar-refractivity contribution in [3.63, 3.8) is 0 Å². The molecule has 0 bridgehead atoms. The molecule has 0 aromatic rings. The van der Waals surface area contributed by atoms with Gasteiger partial charge in [-0.15, -0.1) is 0 Å². The minimum absolute atomic E-state index is 0.147. The average molecular weight is 289 g/mol. The van der Waals surface area contributed by atoms with Gasteiger partial charge in [-0.3, -0.25) is 10.1 Å². The van der Waals surface area contributed by atoms with Crippen LogP contribution in [0.4, 0.5) is 0 Å². The Morgan fingerprint density at radius 1 is 1.37 bits per heavy atom. The summed E-state index contributed by atoms with van der Waals surface area (Å²) in [6.45, 7) is 7.76. The summed E-state index contributed by atoms with van der Waals surface area (Å²) in [4.78, 5) is 11.7. The van der Waals surface area contributed by atoms with Crippen molar-refractivity contribution in [2.24, 2.45) is 0 Å². The number of thioether (sulfide) groups is 1. The zero-order chi connectivity index (χ0) is 14.6. The molecule has 4 unspecified atom stereocenters. The fourth-order valence-corrected chi connectivity index (χ4v) is 4.22. The zero-order valence-electron chi connectivity index (χ0n) is 12.3. The fourth-order valence-electron chi connectivity index (χ4n) is 2.70. The lowest BCUT2D eigenvalue weighted by molar-refractivity contribution is -0.146. The van der Waals surface area contributed by atoms with E-state index in [1.165, 1.54) is 0 Å². The van der Waals surface area contributed by atoms with Crippen LogP contribution in [0.25, 0.3) is 0 Å². The molecule has 1 saturated carbocycles. The number of aliphatic carboxylic acids is 1. The van der Waals surface area contributed by atoms with Crippen molar-refractivity contribution in [1.29, 1.82) is 0 Å². The molecule has 0 saturated heterocycles. The molecule has 4 nitrogen and oxygen atoms in total. The van der Waals surface area contributed by atoms with Crippen LogP contribution in [0.1, 0.15) is 53.4 Å². The Bertz CT molecular complexity index is 309. The number of carboxylic acids is 1. The maximum Gasteiger partial charge on any atom is 0.323 e. The van der Waals surface area contributed by atoms with Crippen LogP contribution in [0.15, 0.2) is 0 Å². The van der Waals surface area contributed by atoms with Gasteiger partial charge in [-0.2, -0.15) is 11.8 Å². The Morgan fingerprint density at radius 2 is 2.00 bits per heavy atom. The first-order valence-corrected chi connectivity index (χ1v) is 8.06. The Kier molecular flexibility index (Phi) is 6.15. The molecule has 1 fully saturated rings. The minimum Gasteiger partial charge on any atom is -0.480 e. The van der Waals surface area contributed by atoms with Crippen LogP contribution in [0, 0.1) is 0 Å². The van der Waals surface area contributed by atoms with E-state index in [1.807, 2.05) is 20.8 Å². The van der Waals surface area contributed by atoms with E-state index in [0.717, 1.165) is 12.8 Å². The lowest BCUT2D eigenvalue weighted by Crippen LogP contribution is -2.57. The van der Waals surface area contributed by atoms with Crippen LogP contribution in [-0.2, 0) is 4.79 Å². The maximum atomic E-state index is 11.7. The number of aliphatic hydroxyl groups is 1. The molecule has 1 aliphatic rings. The minimum atomic E-state index is -0.789. The standard InChI is InChI=1S/C14H27NO3S/c1-9(2)15-14(13(17)18)7-5-6-12(8-14)19-11(4)10(3)16/h9-12,15-16H,5-8H2,1-4H3,(H,17,18). The molecule has 0 aromatic carbocycles. The predicted molar refractivity (Wildman–Crippen MR) is 79.6 cm³/mol. The summed E-state index contributed by atoms with van der Waals surface area (Å²) in [5.41, 5.74) is -0.789. The summed E-state index contributed by atoms with van der Waals surface area (Å²) < 4.78 is 0. The van der Waals surface area contributed by atoms with Crippen molar-refractivity contribution in [3.8, 4) is 0 Å². The third-order valence-electron chi connectivity index (χ3n) is 3.77. The Balaban J connectivity index is 2.71. The molecule has 0 heterocycles. The molecule has 0 aliphatic heterocycles. The van der Waals surface area contributed by atoms with E-state index in [1.54, 1.807) is 18.7 Å². The van der Waals surface area contributed by atoms with Gasteiger partial charge in [0.25, 0.3) is 0 Å². The van der Waals surface area contributed by atoms with E-state index in [-0.39, 0.29) is 17.4 Å². The summed E-state index contributed by atoms with van der Waals surface area (Å²) in [6, 6.07) is 0.161. The molecule has 0 amide bonds. The van der Waals surface area contributed by atoms with E-state index in [9.17, 15) is 15.0 Å². The van der Waals surface area contributed by atoms with Gasteiger partial charge in [0.05, 0.1) is 6.10 Å². The van der Waals surface area contributed by atoms with Gasteiger partial charge in [-0.05, 0) is 46.5 Å². The molecule has 19 heavy (non-hydrogen) atoms. The number of aliphatic hydroxyl groups excluding tert-OH is 1. The average Bonchev–Trinajstić information content (AvgIpc) is 2.27. The van der Waals surface area contributed by atoms with Gasteiger partial charge < -0.3 is 10.2 Å². The number of hydrogen-bond donors (Lipinski definition) is 3. The van der Waals surface area contributed by atoms with E-state index in [2.05, 4.69) is 5.32 Å². The van der Waals surface area contributed by atoms with E-state index in [4.69, 9.17) is 0 Å². The highest BCUT2D eigenvalue weighted by Gasteiger charge is 2.43. The quantitative estimate of drug-likeness (QED) is 0.699. The third-order valence-corrected chi connectivity index (χ3v) is 5.38. The second kappa shape index (κ2) is 6.95. The van der Waals surface area contributed by atoms with Crippen molar-refractivity contribution < 1.29 is 15.0 Å². The molecule has 3 N–H and O–H groups in total. The molecule has 0 spiro atoms. The van der Waals surface area contributed by atoms with Crippen molar-refractivity contribution in [3.05, 3.63) is 0 Å². The molecule has 0 radical (unpaired) electrons. The molecule has 0 aromatic heterocycles. The van der Waals surface area contributed by atoms with Crippen molar-refractivity contribution in [2.75, 3.05) is 0 Å². The first kappa shape index (κ1) is 16.8. The SMILES string of the molecule is CC(C)NC1(C(=O)O)CCCC(SC(C)C(C)O)C1. The van der Waals surface area contributed by atoms with Crippen molar-refractivity contribution in [1.82, 2.24) is 5.32 Å². The topological polar surface area (TPSA) is 69.6 Å². The van der Waals surface area contributed by atoms with E-state index < -0.39 is 11.5 Å². The van der Waals surface area contributed by atoms with Crippen LogP contribution in [0.2, 0.25) is 0 Å². The van der Waals surface area contributed by atoms with Crippen LogP contribution in [-0.4, -0.2) is 44.4 Å². The van der Waals surface area contributed by atoms with Gasteiger partial charge in [0.15, 0.2) is 0 Å². The van der Waals surface area contributed by atoms with E-state index in [0.29, 0.717) is 18.1 Å². The number of nitrogens with one attached hydrogen (secondary N) is 1. The summed E-state index contributed by atoms with van der Waals surface area (Å²) in [5, 5.41) is 22.9. The van der Waals surface area contributed by atoms with Crippen LogP contribution < -0.4 is 5.32 Å². The first-order valence-electron chi connectivity index (χ1n) is 7.11. The van der Waals surface area contributed by atoms with E-state index >= 15 is 0 Å². The fraction of sp³-hybridized carbons (Fsp3) is 0.929. The maximum absolute atomic E-state index is 11.7. The van der Waals surface area contributed by atoms with Crippen molar-refractivity contribution in [2.45, 2.75) is 81.6 Å². The lowest BCUT2D eigenvalue weighted by Gasteiger charge is -2.40. The molecular formula is C14H27NO3S. The summed E-state index contributed by atoms with van der Waals surface area (Å²) >= 11 is 1.72. The van der Waals surface area contributed by atoms with Gasteiger partial charge >= 0.3 is 5.97 Å². The highest BCUT2D eigenvalue weighted by Crippen LogP contribution is 2.37. The lowest BCUT2D eigenvalue weighted by atomic mass is 9.81. The monoisotopic (exact) mass is 289 g/mol. The third kappa shape index (κ3) is 4.65. The number of rotatable bonds is 6. The van der Waals surface area contributed by atoms with Gasteiger partial charge in [0.2, 0.25) is 0 Å². The molecule has 1 aliphatic carbocycles. The second-order valence-electron chi connectivity index (χ2n) is 5.99. The Morgan fingerprint density at radius 3 is 2.47 bits per heavy atom. The number of carboxylic acid groups (broad SMARTS) is 1. The predicted octanol–water partition coefficient (Wildman–Crippen LogP) is 2.25.